The highest BCUT2D eigenvalue weighted by Gasteiger charge is 2.40. The number of hydrogen-bond acceptors (Lipinski definition) is 6. The number of carbonyl (C=O) groups is 3. The van der Waals surface area contributed by atoms with E-state index in [-0.39, 0.29) is 5.91 Å². The minimum absolute atomic E-state index is 0.280. The van der Waals surface area contributed by atoms with Crippen molar-refractivity contribution in [2.45, 2.75) is 38.5 Å². The second-order valence-corrected chi connectivity index (χ2v) is 7.17. The fourth-order valence-corrected chi connectivity index (χ4v) is 3.60. The summed E-state index contributed by atoms with van der Waals surface area (Å²) in [7, 11) is 0. The Morgan fingerprint density at radius 2 is 1.16 bits per heavy atom. The molecular formula is C24H30N2O5-2. The second-order valence-electron chi connectivity index (χ2n) is 7.17. The third-order valence-electron chi connectivity index (χ3n) is 5.00. The normalized spacial score (nSPS) is 10.8. The Balaban J connectivity index is 0.000000703. The molecule has 2 N–H and O–H groups in total. The molecule has 31 heavy (non-hydrogen) atoms. The lowest BCUT2D eigenvalue weighted by atomic mass is 9.71. The molecule has 0 aliphatic carbocycles. The van der Waals surface area contributed by atoms with Gasteiger partial charge >= 0.3 is 0 Å². The molecule has 2 aromatic rings. The topological polar surface area (TPSA) is 127 Å². The number of carboxylic acid groups (broad SMARTS) is 2. The summed E-state index contributed by atoms with van der Waals surface area (Å²) in [6.45, 7) is 7.34. The monoisotopic (exact) mass is 426 g/mol. The summed E-state index contributed by atoms with van der Waals surface area (Å²) in [6, 6.07) is 19.9. The quantitative estimate of drug-likeness (QED) is 0.550. The van der Waals surface area contributed by atoms with Crippen molar-refractivity contribution >= 4 is 17.8 Å². The van der Waals surface area contributed by atoms with Crippen LogP contribution in [0.1, 0.15) is 44.2 Å². The molecule has 0 spiro atoms. The number of rotatable bonds is 10. The number of amides is 1. The van der Waals surface area contributed by atoms with Crippen LogP contribution in [0.2, 0.25) is 0 Å². The number of aliphatic carboxylic acids is 2. The zero-order valence-corrected chi connectivity index (χ0v) is 18.1. The molecule has 7 heteroatoms. The van der Waals surface area contributed by atoms with Gasteiger partial charge in [-0.15, -0.1) is 0 Å². The number of carboxylic acids is 2. The number of nitrogens with zero attached hydrogens (tertiary/aromatic N) is 1. The first-order valence-electron chi connectivity index (χ1n) is 10.3. The molecule has 168 valence electrons. The summed E-state index contributed by atoms with van der Waals surface area (Å²) in [6.07, 6.45) is 2.91. The first-order valence-corrected chi connectivity index (χ1v) is 10.3. The Hall–Kier alpha value is -3.19. The van der Waals surface area contributed by atoms with Crippen molar-refractivity contribution in [1.29, 1.82) is 0 Å². The van der Waals surface area contributed by atoms with Crippen molar-refractivity contribution in [1.82, 2.24) is 4.90 Å². The van der Waals surface area contributed by atoms with Crippen LogP contribution < -0.4 is 15.9 Å². The molecule has 0 aliphatic rings. The predicted octanol–water partition coefficient (Wildman–Crippen LogP) is 0.456. The minimum atomic E-state index is -2.19. The fourth-order valence-electron chi connectivity index (χ4n) is 3.60. The van der Waals surface area contributed by atoms with Crippen molar-refractivity contribution in [2.24, 2.45) is 5.73 Å². The number of benzene rings is 2. The molecule has 2 rings (SSSR count). The maximum atomic E-state index is 12.8. The number of hydrogen-bond donors (Lipinski definition) is 1. The van der Waals surface area contributed by atoms with Crippen LogP contribution in [0.25, 0.3) is 0 Å². The highest BCUT2D eigenvalue weighted by atomic mass is 16.4. The van der Waals surface area contributed by atoms with Gasteiger partial charge in [-0.3, -0.25) is 4.79 Å². The molecule has 0 saturated heterocycles. The fraction of sp³-hybridized carbons (Fsp3) is 0.375. The van der Waals surface area contributed by atoms with E-state index in [2.05, 4.69) is 18.7 Å². The summed E-state index contributed by atoms with van der Waals surface area (Å²) in [5, 5.41) is 17.9. The van der Waals surface area contributed by atoms with E-state index in [1.807, 2.05) is 60.7 Å². The van der Waals surface area contributed by atoms with E-state index in [9.17, 15) is 4.79 Å². The van der Waals surface area contributed by atoms with Crippen molar-refractivity contribution in [3.05, 3.63) is 71.8 Å². The van der Waals surface area contributed by atoms with Gasteiger partial charge in [-0.25, -0.2) is 0 Å². The van der Waals surface area contributed by atoms with Gasteiger partial charge in [0.05, 0.1) is 17.4 Å². The Morgan fingerprint density at radius 3 is 1.45 bits per heavy atom. The molecule has 1 amide bonds. The molecule has 0 saturated carbocycles. The molecule has 0 atom stereocenters. The highest BCUT2D eigenvalue weighted by molar-refractivity contribution is 6.25. The summed E-state index contributed by atoms with van der Waals surface area (Å²) in [5.41, 5.74) is 7.17. The predicted molar refractivity (Wildman–Crippen MR) is 115 cm³/mol. The third-order valence-corrected chi connectivity index (χ3v) is 5.00. The smallest absolute Gasteiger partial charge is 0.232 e. The maximum absolute atomic E-state index is 12.8. The van der Waals surface area contributed by atoms with Gasteiger partial charge in [0.25, 0.3) is 0 Å². The van der Waals surface area contributed by atoms with E-state index in [4.69, 9.17) is 25.5 Å². The van der Waals surface area contributed by atoms with Gasteiger partial charge in [0.2, 0.25) is 5.91 Å². The Morgan fingerprint density at radius 1 is 0.774 bits per heavy atom. The van der Waals surface area contributed by atoms with Gasteiger partial charge in [-0.2, -0.15) is 0 Å². The van der Waals surface area contributed by atoms with Gasteiger partial charge < -0.3 is 30.4 Å². The summed E-state index contributed by atoms with van der Waals surface area (Å²) in [5.74, 6) is -4.65. The molecule has 0 unspecified atom stereocenters. The van der Waals surface area contributed by atoms with E-state index in [1.54, 1.807) is 0 Å². The lowest BCUT2D eigenvalue weighted by molar-refractivity contribution is -0.345. The van der Waals surface area contributed by atoms with Crippen molar-refractivity contribution in [3.8, 4) is 0 Å². The van der Waals surface area contributed by atoms with Gasteiger partial charge in [0, 0.05) is 0 Å². The average Bonchev–Trinajstić information content (AvgIpc) is 2.76. The first kappa shape index (κ1) is 25.8. The first-order chi connectivity index (χ1) is 14.8. The Labute approximate surface area is 183 Å². The summed E-state index contributed by atoms with van der Waals surface area (Å²) in [4.78, 5) is 33.0. The SMILES string of the molecule is CCCN(CCC)CCC(C(N)=O)(c1ccccc1)c1ccccc1.O=C([O-])C(=O)[O-]. The van der Waals surface area contributed by atoms with Crippen molar-refractivity contribution in [2.75, 3.05) is 19.6 Å². The van der Waals surface area contributed by atoms with Gasteiger partial charge in [0.1, 0.15) is 0 Å². The maximum Gasteiger partial charge on any atom is 0.232 e. The molecule has 0 aromatic heterocycles. The van der Waals surface area contributed by atoms with E-state index in [1.165, 1.54) is 0 Å². The largest absolute Gasteiger partial charge is 0.543 e. The zero-order valence-electron chi connectivity index (χ0n) is 18.1. The standard InChI is InChI=1S/C22H30N2O.C2H2O4/c1-3-16-24(17-4-2)18-15-22(21(23)25,19-11-7-5-8-12-19)20-13-9-6-10-14-20;3-1(4)2(5)6/h5-14H,3-4,15-18H2,1-2H3,(H2,23,25);(H,3,4)(H,5,6)/p-2. The van der Waals surface area contributed by atoms with Crippen LogP contribution in [0.5, 0.6) is 0 Å². The van der Waals surface area contributed by atoms with Crippen LogP contribution in [0.15, 0.2) is 60.7 Å². The molecule has 0 heterocycles. The minimum Gasteiger partial charge on any atom is -0.543 e. The van der Waals surface area contributed by atoms with Crippen LogP contribution in [-0.2, 0) is 19.8 Å². The summed E-state index contributed by atoms with van der Waals surface area (Å²) >= 11 is 0. The number of nitrogens with two attached hydrogens (primary N) is 1. The van der Waals surface area contributed by atoms with Crippen LogP contribution >= 0.6 is 0 Å². The van der Waals surface area contributed by atoms with E-state index in [0.29, 0.717) is 6.42 Å². The summed E-state index contributed by atoms with van der Waals surface area (Å²) < 4.78 is 0. The highest BCUT2D eigenvalue weighted by Crippen LogP contribution is 2.36. The molecule has 2 aromatic carbocycles. The van der Waals surface area contributed by atoms with Gasteiger partial charge in [0.15, 0.2) is 0 Å². The second kappa shape index (κ2) is 13.2. The van der Waals surface area contributed by atoms with Crippen LogP contribution in [0.3, 0.4) is 0 Å². The number of primary amides is 1. The Bertz CT molecular complexity index is 767. The van der Waals surface area contributed by atoms with E-state index in [0.717, 1.165) is 43.6 Å². The molecule has 0 aliphatic heterocycles. The van der Waals surface area contributed by atoms with Crippen LogP contribution in [-0.4, -0.2) is 42.4 Å². The van der Waals surface area contributed by atoms with Crippen LogP contribution in [0, 0.1) is 0 Å². The zero-order chi connectivity index (χ0) is 23.3. The Kier molecular flexibility index (Phi) is 11.0. The lowest BCUT2D eigenvalue weighted by Gasteiger charge is -2.34. The third kappa shape index (κ3) is 7.53. The molecule has 0 bridgehead atoms. The van der Waals surface area contributed by atoms with Crippen LogP contribution in [0.4, 0.5) is 0 Å². The van der Waals surface area contributed by atoms with E-state index < -0.39 is 17.4 Å². The van der Waals surface area contributed by atoms with E-state index >= 15 is 0 Å². The van der Waals surface area contributed by atoms with Gasteiger partial charge in [-0.05, 0) is 50.0 Å². The van der Waals surface area contributed by atoms with Crippen molar-refractivity contribution in [3.63, 3.8) is 0 Å². The molecule has 7 nitrogen and oxygen atoms in total. The lowest BCUT2D eigenvalue weighted by Crippen LogP contribution is -2.45. The van der Waals surface area contributed by atoms with Gasteiger partial charge in [-0.1, -0.05) is 74.5 Å². The molecule has 0 fully saturated rings. The average molecular weight is 427 g/mol. The number of carbonyl (C=O) groups excluding carboxylic acids is 3. The molecular weight excluding hydrogens is 396 g/mol. The van der Waals surface area contributed by atoms with Crippen molar-refractivity contribution < 1.29 is 24.6 Å². The molecule has 0 radical (unpaired) electrons.